The molecular formula is C17H25NO2. The zero-order valence-electron chi connectivity index (χ0n) is 12.9. The van der Waals surface area contributed by atoms with Crippen LogP contribution in [0.15, 0.2) is 24.3 Å². The molecule has 1 aliphatic rings. The molecule has 0 spiro atoms. The molecule has 0 aliphatic heterocycles. The Kier molecular flexibility index (Phi) is 4.19. The first kappa shape index (κ1) is 15.0. The third-order valence-electron chi connectivity index (χ3n) is 4.09. The molecule has 3 nitrogen and oxygen atoms in total. The van der Waals surface area contributed by atoms with Crippen LogP contribution in [0.1, 0.15) is 49.5 Å². The highest BCUT2D eigenvalue weighted by Gasteiger charge is 2.29. The summed E-state index contributed by atoms with van der Waals surface area (Å²) in [5.74, 6) is 0.514. The molecule has 0 atom stereocenters. The molecule has 1 saturated carbocycles. The molecule has 1 amide bonds. The Balaban J connectivity index is 1.98. The monoisotopic (exact) mass is 275 g/mol. The van der Waals surface area contributed by atoms with E-state index >= 15 is 0 Å². The summed E-state index contributed by atoms with van der Waals surface area (Å²) in [5.41, 5.74) is 2.08. The van der Waals surface area contributed by atoms with Gasteiger partial charge in [0.15, 0.2) is 0 Å². The van der Waals surface area contributed by atoms with Crippen molar-refractivity contribution in [2.75, 3.05) is 13.6 Å². The van der Waals surface area contributed by atoms with E-state index in [0.29, 0.717) is 5.92 Å². The second-order valence-electron chi connectivity index (χ2n) is 7.00. The van der Waals surface area contributed by atoms with Crippen LogP contribution >= 0.6 is 0 Å². The Hall–Kier alpha value is -1.35. The third kappa shape index (κ3) is 3.40. The second-order valence-corrected chi connectivity index (χ2v) is 7.00. The second kappa shape index (κ2) is 5.57. The Morgan fingerprint density at radius 3 is 2.25 bits per heavy atom. The molecule has 110 valence electrons. The van der Waals surface area contributed by atoms with E-state index in [-0.39, 0.29) is 17.4 Å². The highest BCUT2D eigenvalue weighted by molar-refractivity contribution is 5.94. The summed E-state index contributed by atoms with van der Waals surface area (Å²) in [5, 5.41) is 9.29. The van der Waals surface area contributed by atoms with Crippen LogP contribution in [0.5, 0.6) is 0 Å². The minimum absolute atomic E-state index is 0.0619. The van der Waals surface area contributed by atoms with Crippen molar-refractivity contribution in [3.63, 3.8) is 0 Å². The van der Waals surface area contributed by atoms with Crippen molar-refractivity contribution in [3.05, 3.63) is 35.4 Å². The van der Waals surface area contributed by atoms with Crippen molar-refractivity contribution >= 4 is 5.91 Å². The fraction of sp³-hybridized carbons (Fsp3) is 0.588. The number of hydrogen-bond acceptors (Lipinski definition) is 2. The Bertz CT molecular complexity index is 467. The minimum atomic E-state index is -0.158. The van der Waals surface area contributed by atoms with Crippen LogP contribution in [0.3, 0.4) is 0 Å². The largest absolute Gasteiger partial charge is 0.393 e. The summed E-state index contributed by atoms with van der Waals surface area (Å²) in [7, 11) is 1.84. The van der Waals surface area contributed by atoms with Gasteiger partial charge in [-0.1, -0.05) is 32.9 Å². The average Bonchev–Trinajstić information content (AvgIpc) is 2.35. The van der Waals surface area contributed by atoms with E-state index in [1.165, 1.54) is 5.56 Å². The zero-order chi connectivity index (χ0) is 14.9. The minimum Gasteiger partial charge on any atom is -0.393 e. The van der Waals surface area contributed by atoms with Gasteiger partial charge in [0.1, 0.15) is 0 Å². The first-order valence-corrected chi connectivity index (χ1v) is 7.31. The summed E-state index contributed by atoms with van der Waals surface area (Å²) in [6.07, 6.45) is 1.48. The molecule has 0 bridgehead atoms. The quantitative estimate of drug-likeness (QED) is 0.921. The van der Waals surface area contributed by atoms with E-state index in [2.05, 4.69) is 20.8 Å². The molecule has 0 heterocycles. The maximum Gasteiger partial charge on any atom is 0.253 e. The van der Waals surface area contributed by atoms with Gasteiger partial charge in [-0.3, -0.25) is 4.79 Å². The van der Waals surface area contributed by atoms with E-state index in [1.54, 1.807) is 4.90 Å². The number of amides is 1. The van der Waals surface area contributed by atoms with Crippen LogP contribution in [0.4, 0.5) is 0 Å². The Labute approximate surface area is 121 Å². The molecule has 2 rings (SSSR count). The van der Waals surface area contributed by atoms with E-state index in [1.807, 2.05) is 31.3 Å². The fourth-order valence-electron chi connectivity index (χ4n) is 2.65. The molecule has 1 N–H and O–H groups in total. The summed E-state index contributed by atoms with van der Waals surface area (Å²) in [6, 6.07) is 7.90. The molecule has 0 radical (unpaired) electrons. The van der Waals surface area contributed by atoms with Gasteiger partial charge in [0.25, 0.3) is 5.91 Å². The van der Waals surface area contributed by atoms with Gasteiger partial charge in [-0.25, -0.2) is 0 Å². The summed E-state index contributed by atoms with van der Waals surface area (Å²) in [6.45, 7) is 7.23. The van der Waals surface area contributed by atoms with E-state index in [4.69, 9.17) is 0 Å². The van der Waals surface area contributed by atoms with Crippen LogP contribution in [-0.4, -0.2) is 35.6 Å². The van der Waals surface area contributed by atoms with Crippen LogP contribution in [0.2, 0.25) is 0 Å². The molecule has 0 saturated heterocycles. The third-order valence-corrected chi connectivity index (χ3v) is 4.09. The molecule has 20 heavy (non-hydrogen) atoms. The highest BCUT2D eigenvalue weighted by atomic mass is 16.3. The number of carbonyl (C=O) groups excluding carboxylic acids is 1. The van der Waals surface area contributed by atoms with Crippen molar-refractivity contribution < 1.29 is 9.90 Å². The lowest BCUT2D eigenvalue weighted by Crippen LogP contribution is -2.39. The lowest BCUT2D eigenvalue weighted by atomic mass is 9.82. The van der Waals surface area contributed by atoms with Crippen molar-refractivity contribution in [2.24, 2.45) is 5.92 Å². The van der Waals surface area contributed by atoms with E-state index in [0.717, 1.165) is 24.9 Å². The maximum atomic E-state index is 12.3. The number of benzene rings is 1. The molecule has 0 aromatic heterocycles. The first-order valence-electron chi connectivity index (χ1n) is 7.31. The number of nitrogens with zero attached hydrogens (tertiary/aromatic N) is 1. The number of hydrogen-bond donors (Lipinski definition) is 1. The summed E-state index contributed by atoms with van der Waals surface area (Å²) in [4.78, 5) is 14.1. The SMILES string of the molecule is CN(CC1CC(O)C1)C(=O)c1ccc(C(C)(C)C)cc1. The fourth-order valence-corrected chi connectivity index (χ4v) is 2.65. The topological polar surface area (TPSA) is 40.5 Å². The van der Waals surface area contributed by atoms with Gasteiger partial charge in [0, 0.05) is 19.2 Å². The molecular weight excluding hydrogens is 250 g/mol. The predicted octanol–water partition coefficient (Wildman–Crippen LogP) is 2.83. The summed E-state index contributed by atoms with van der Waals surface area (Å²) < 4.78 is 0. The Morgan fingerprint density at radius 2 is 1.80 bits per heavy atom. The van der Waals surface area contributed by atoms with Crippen molar-refractivity contribution in [2.45, 2.75) is 45.1 Å². The van der Waals surface area contributed by atoms with Crippen LogP contribution in [0, 0.1) is 5.92 Å². The number of carbonyl (C=O) groups is 1. The first-order chi connectivity index (χ1) is 9.27. The van der Waals surface area contributed by atoms with Crippen LogP contribution in [0.25, 0.3) is 0 Å². The van der Waals surface area contributed by atoms with Gasteiger partial charge in [-0.2, -0.15) is 0 Å². The van der Waals surface area contributed by atoms with E-state index in [9.17, 15) is 9.90 Å². The molecule has 3 heteroatoms. The standard InChI is InChI=1S/C17H25NO2/c1-17(2,3)14-7-5-13(6-8-14)16(20)18(4)11-12-9-15(19)10-12/h5-8,12,15,19H,9-11H2,1-4H3. The lowest BCUT2D eigenvalue weighted by molar-refractivity contribution is 0.0265. The zero-order valence-corrected chi connectivity index (χ0v) is 12.9. The van der Waals surface area contributed by atoms with Crippen molar-refractivity contribution in [3.8, 4) is 0 Å². The van der Waals surface area contributed by atoms with Gasteiger partial charge >= 0.3 is 0 Å². The molecule has 0 unspecified atom stereocenters. The predicted molar refractivity (Wildman–Crippen MR) is 80.8 cm³/mol. The van der Waals surface area contributed by atoms with Crippen molar-refractivity contribution in [1.82, 2.24) is 4.90 Å². The van der Waals surface area contributed by atoms with E-state index < -0.39 is 0 Å². The lowest BCUT2D eigenvalue weighted by Gasteiger charge is -2.34. The van der Waals surface area contributed by atoms with Gasteiger partial charge < -0.3 is 10.0 Å². The smallest absolute Gasteiger partial charge is 0.253 e. The molecule has 1 aromatic rings. The Morgan fingerprint density at radius 1 is 1.25 bits per heavy atom. The normalized spacial score (nSPS) is 22.2. The van der Waals surface area contributed by atoms with Gasteiger partial charge in [-0.15, -0.1) is 0 Å². The number of aliphatic hydroxyl groups excluding tert-OH is 1. The molecule has 1 aliphatic carbocycles. The number of aliphatic hydroxyl groups is 1. The number of rotatable bonds is 3. The average molecular weight is 275 g/mol. The highest BCUT2D eigenvalue weighted by Crippen LogP contribution is 2.28. The van der Waals surface area contributed by atoms with Crippen LogP contribution in [-0.2, 0) is 5.41 Å². The molecule has 1 aromatic carbocycles. The maximum absolute atomic E-state index is 12.3. The van der Waals surface area contributed by atoms with Gasteiger partial charge in [0.2, 0.25) is 0 Å². The molecule has 1 fully saturated rings. The van der Waals surface area contributed by atoms with Gasteiger partial charge in [-0.05, 0) is 41.9 Å². The van der Waals surface area contributed by atoms with Gasteiger partial charge in [0.05, 0.1) is 6.10 Å². The van der Waals surface area contributed by atoms with Crippen LogP contribution < -0.4 is 0 Å². The summed E-state index contributed by atoms with van der Waals surface area (Å²) >= 11 is 0. The van der Waals surface area contributed by atoms with Crippen molar-refractivity contribution in [1.29, 1.82) is 0 Å².